The van der Waals surface area contributed by atoms with Crippen LogP contribution in [-0.4, -0.2) is 23.3 Å². The first kappa shape index (κ1) is 16.9. The Morgan fingerprint density at radius 3 is 2.17 bits per heavy atom. The van der Waals surface area contributed by atoms with Crippen molar-refractivity contribution < 1.29 is 13.7 Å². The smallest absolute Gasteiger partial charge is 0.399 e. The van der Waals surface area contributed by atoms with E-state index < -0.39 is 7.12 Å². The Labute approximate surface area is 142 Å². The molecule has 24 heavy (non-hydrogen) atoms. The van der Waals surface area contributed by atoms with E-state index in [1.165, 1.54) is 12.1 Å². The Morgan fingerprint density at radius 2 is 1.62 bits per heavy atom. The summed E-state index contributed by atoms with van der Waals surface area (Å²) in [6.45, 7) is 10.1. The van der Waals surface area contributed by atoms with Gasteiger partial charge in [-0.05, 0) is 70.5 Å². The Kier molecular flexibility index (Phi) is 4.14. The molecular weight excluding hydrogens is 306 g/mol. The van der Waals surface area contributed by atoms with Gasteiger partial charge in [-0.1, -0.05) is 0 Å². The van der Waals surface area contributed by atoms with E-state index in [4.69, 9.17) is 9.31 Å². The molecule has 1 N–H and O–H groups in total. The van der Waals surface area contributed by atoms with Gasteiger partial charge in [-0.3, -0.25) is 0 Å². The van der Waals surface area contributed by atoms with E-state index in [-0.39, 0.29) is 17.0 Å². The third-order valence-corrected chi connectivity index (χ3v) is 4.78. The van der Waals surface area contributed by atoms with Crippen molar-refractivity contribution in [1.82, 2.24) is 4.98 Å². The number of hydrogen-bond donors (Lipinski definition) is 1. The molecule has 4 nitrogen and oxygen atoms in total. The summed E-state index contributed by atoms with van der Waals surface area (Å²) in [6.07, 6.45) is 1.77. The highest BCUT2D eigenvalue weighted by Crippen LogP contribution is 2.36. The maximum atomic E-state index is 13.0. The highest BCUT2D eigenvalue weighted by Gasteiger charge is 2.52. The summed E-state index contributed by atoms with van der Waals surface area (Å²) in [5.74, 6) is 0.431. The molecule has 1 fully saturated rings. The second-order valence-electron chi connectivity index (χ2n) is 7.15. The van der Waals surface area contributed by atoms with Crippen LogP contribution >= 0.6 is 0 Å². The average Bonchev–Trinajstić information content (AvgIpc) is 2.70. The lowest BCUT2D eigenvalue weighted by Crippen LogP contribution is -2.41. The fourth-order valence-electron chi connectivity index (χ4n) is 2.53. The predicted molar refractivity (Wildman–Crippen MR) is 94.4 cm³/mol. The summed E-state index contributed by atoms with van der Waals surface area (Å²) in [4.78, 5) is 4.43. The first-order valence-corrected chi connectivity index (χ1v) is 8.03. The van der Waals surface area contributed by atoms with E-state index in [1.54, 1.807) is 18.3 Å². The Hall–Kier alpha value is -1.92. The van der Waals surface area contributed by atoms with E-state index in [0.29, 0.717) is 5.82 Å². The maximum Gasteiger partial charge on any atom is 0.496 e. The number of halogens is 1. The molecule has 0 radical (unpaired) electrons. The van der Waals surface area contributed by atoms with Gasteiger partial charge >= 0.3 is 7.12 Å². The lowest BCUT2D eigenvalue weighted by atomic mass is 9.77. The van der Waals surface area contributed by atoms with Crippen LogP contribution < -0.4 is 10.8 Å². The molecule has 0 unspecified atom stereocenters. The summed E-state index contributed by atoms with van der Waals surface area (Å²) in [6, 6.07) is 8.11. The molecule has 1 aromatic heterocycles. The van der Waals surface area contributed by atoms with E-state index in [2.05, 4.69) is 10.3 Å². The van der Waals surface area contributed by atoms with Crippen LogP contribution in [0, 0.1) is 12.7 Å². The number of aromatic nitrogens is 1. The van der Waals surface area contributed by atoms with Crippen LogP contribution in [0.4, 0.5) is 15.9 Å². The Balaban J connectivity index is 1.79. The topological polar surface area (TPSA) is 43.4 Å². The molecule has 1 saturated heterocycles. The lowest BCUT2D eigenvalue weighted by Gasteiger charge is -2.32. The van der Waals surface area contributed by atoms with Crippen LogP contribution in [0.2, 0.25) is 0 Å². The summed E-state index contributed by atoms with van der Waals surface area (Å²) in [7, 11) is -0.428. The molecule has 1 aromatic carbocycles. The van der Waals surface area contributed by atoms with Crippen LogP contribution in [-0.2, 0) is 9.31 Å². The summed E-state index contributed by atoms with van der Waals surface area (Å²) in [5.41, 5.74) is 1.96. The van der Waals surface area contributed by atoms with Crippen LogP contribution in [0.5, 0.6) is 0 Å². The molecular formula is C18H22BFN2O2. The lowest BCUT2D eigenvalue weighted by molar-refractivity contribution is 0.00578. The minimum absolute atomic E-state index is 0.263. The van der Waals surface area contributed by atoms with Gasteiger partial charge in [0.1, 0.15) is 11.6 Å². The van der Waals surface area contributed by atoms with Crippen molar-refractivity contribution in [3.8, 4) is 0 Å². The van der Waals surface area contributed by atoms with Crippen molar-refractivity contribution >= 4 is 24.1 Å². The van der Waals surface area contributed by atoms with Gasteiger partial charge in [0.25, 0.3) is 0 Å². The zero-order chi connectivity index (χ0) is 17.5. The number of hydrogen-bond acceptors (Lipinski definition) is 4. The Morgan fingerprint density at radius 1 is 1.04 bits per heavy atom. The number of nitrogens with zero attached hydrogens (tertiary/aromatic N) is 1. The normalized spacial score (nSPS) is 18.7. The number of pyridine rings is 1. The molecule has 0 atom stereocenters. The van der Waals surface area contributed by atoms with Crippen molar-refractivity contribution in [1.29, 1.82) is 0 Å². The molecule has 0 aliphatic carbocycles. The van der Waals surface area contributed by atoms with Gasteiger partial charge in [0.15, 0.2) is 0 Å². The van der Waals surface area contributed by atoms with Gasteiger partial charge in [0.05, 0.1) is 11.2 Å². The van der Waals surface area contributed by atoms with Gasteiger partial charge < -0.3 is 14.6 Å². The second-order valence-corrected chi connectivity index (χ2v) is 7.15. The molecule has 2 aromatic rings. The van der Waals surface area contributed by atoms with Gasteiger partial charge in [-0.15, -0.1) is 0 Å². The van der Waals surface area contributed by atoms with Crippen molar-refractivity contribution in [2.75, 3.05) is 5.32 Å². The zero-order valence-corrected chi connectivity index (χ0v) is 14.7. The monoisotopic (exact) mass is 328 g/mol. The molecule has 126 valence electrons. The highest BCUT2D eigenvalue weighted by atomic mass is 19.1. The molecule has 0 saturated carbocycles. The molecule has 2 heterocycles. The number of nitrogens with one attached hydrogen (secondary N) is 1. The minimum Gasteiger partial charge on any atom is -0.399 e. The SMILES string of the molecule is Cc1cc(Nc2ccc(F)cc2)ncc1B1OC(C)(C)C(C)(C)O1. The molecule has 0 amide bonds. The number of rotatable bonds is 3. The van der Waals surface area contributed by atoms with Crippen LogP contribution in [0.3, 0.4) is 0 Å². The predicted octanol–water partition coefficient (Wildman–Crippen LogP) is 3.57. The zero-order valence-electron chi connectivity index (χ0n) is 14.7. The molecule has 0 spiro atoms. The van der Waals surface area contributed by atoms with E-state index >= 15 is 0 Å². The minimum atomic E-state index is -0.428. The van der Waals surface area contributed by atoms with Gasteiger partial charge in [0, 0.05) is 17.3 Å². The van der Waals surface area contributed by atoms with E-state index in [0.717, 1.165) is 16.7 Å². The standard InChI is InChI=1S/C18H22BFN2O2/c1-12-10-16(22-14-8-6-13(20)7-9-14)21-11-15(12)19-23-17(2,3)18(4,5)24-19/h6-11H,1-5H3,(H,21,22). The number of anilines is 2. The average molecular weight is 328 g/mol. The first-order valence-electron chi connectivity index (χ1n) is 8.03. The molecule has 1 aliphatic heterocycles. The highest BCUT2D eigenvalue weighted by molar-refractivity contribution is 6.62. The molecule has 0 bridgehead atoms. The summed E-state index contributed by atoms with van der Waals surface area (Å²) in [5, 5.41) is 3.16. The van der Waals surface area contributed by atoms with Crippen molar-refractivity contribution in [3.63, 3.8) is 0 Å². The summed E-state index contributed by atoms with van der Waals surface area (Å²) < 4.78 is 25.1. The fraction of sp³-hybridized carbons (Fsp3) is 0.389. The van der Waals surface area contributed by atoms with Crippen molar-refractivity contribution in [2.45, 2.75) is 45.8 Å². The first-order chi connectivity index (χ1) is 11.2. The van der Waals surface area contributed by atoms with Crippen LogP contribution in [0.15, 0.2) is 36.5 Å². The fourth-order valence-corrected chi connectivity index (χ4v) is 2.53. The molecule has 6 heteroatoms. The van der Waals surface area contributed by atoms with E-state index in [9.17, 15) is 4.39 Å². The molecule has 3 rings (SSSR count). The van der Waals surface area contributed by atoms with E-state index in [1.807, 2.05) is 40.7 Å². The van der Waals surface area contributed by atoms with Crippen LogP contribution in [0.1, 0.15) is 33.3 Å². The van der Waals surface area contributed by atoms with Gasteiger partial charge in [0.2, 0.25) is 0 Å². The third kappa shape index (κ3) is 3.16. The Bertz CT molecular complexity index is 731. The largest absolute Gasteiger partial charge is 0.496 e. The maximum absolute atomic E-state index is 13.0. The number of benzene rings is 1. The second kappa shape index (κ2) is 5.86. The number of aryl methyl sites for hydroxylation is 1. The van der Waals surface area contributed by atoms with Gasteiger partial charge in [-0.25, -0.2) is 9.37 Å². The van der Waals surface area contributed by atoms with Crippen LogP contribution in [0.25, 0.3) is 0 Å². The summed E-state index contributed by atoms with van der Waals surface area (Å²) >= 11 is 0. The van der Waals surface area contributed by atoms with Gasteiger partial charge in [-0.2, -0.15) is 0 Å². The third-order valence-electron chi connectivity index (χ3n) is 4.78. The van der Waals surface area contributed by atoms with Crippen molar-refractivity contribution in [2.24, 2.45) is 0 Å². The quantitative estimate of drug-likeness (QED) is 0.875. The van der Waals surface area contributed by atoms with Crippen molar-refractivity contribution in [3.05, 3.63) is 47.9 Å². The molecule has 1 aliphatic rings.